The molecular formula is C83H155N2O19P. The Morgan fingerprint density at radius 1 is 0.390 bits per heavy atom. The molecule has 0 aliphatic carbocycles. The Hall–Kier alpha value is -3.72. The van der Waals surface area contributed by atoms with Gasteiger partial charge in [-0.2, -0.15) is 0 Å². The van der Waals surface area contributed by atoms with Gasteiger partial charge in [0.2, 0.25) is 11.8 Å². The van der Waals surface area contributed by atoms with Crippen LogP contribution in [0.1, 0.15) is 420 Å². The summed E-state index contributed by atoms with van der Waals surface area (Å²) >= 11 is 0. The van der Waals surface area contributed by atoms with Gasteiger partial charge in [0.15, 0.2) is 12.4 Å². The summed E-state index contributed by atoms with van der Waals surface area (Å²) in [4.78, 5) is 118. The number of aliphatic hydroxyl groups excluding tert-OH is 1. The lowest BCUT2D eigenvalue weighted by molar-refractivity contribution is -0.272. The third kappa shape index (κ3) is 58.0. The Bertz CT molecular complexity index is 2200. The van der Waals surface area contributed by atoms with Crippen LogP contribution >= 0.6 is 7.82 Å². The minimum atomic E-state index is -5.55. The Kier molecular flexibility index (Phi) is 64.6. The van der Waals surface area contributed by atoms with Gasteiger partial charge < -0.3 is 59.1 Å². The first kappa shape index (κ1) is 99.3. The molecule has 21 nitrogen and oxygen atoms in total. The molecule has 1 saturated heterocycles. The molecule has 616 valence electrons. The summed E-state index contributed by atoms with van der Waals surface area (Å²) in [5.74, 6) is -4.82. The van der Waals surface area contributed by atoms with E-state index < -0.39 is 137 Å². The van der Waals surface area contributed by atoms with Crippen molar-refractivity contribution in [3.8, 4) is 0 Å². The second-order valence-corrected chi connectivity index (χ2v) is 31.5. The zero-order chi connectivity index (χ0) is 77.2. The summed E-state index contributed by atoms with van der Waals surface area (Å²) < 4.78 is 55.6. The second-order valence-electron chi connectivity index (χ2n) is 30.3. The maximum absolute atomic E-state index is 14.9. The molecule has 0 aromatic carbocycles. The fraction of sp³-hybridized carbons (Fsp3) is 0.916. The average molecular weight is 1520 g/mol. The fourth-order valence-electron chi connectivity index (χ4n) is 13.9. The third-order valence-corrected chi connectivity index (χ3v) is 20.7. The molecule has 2 amide bonds. The molecule has 0 aromatic rings. The lowest BCUT2D eigenvalue weighted by Crippen LogP contribution is -2.66. The normalized spacial score (nSPS) is 17.2. The van der Waals surface area contributed by atoms with Crippen molar-refractivity contribution in [1.82, 2.24) is 10.6 Å². The first-order valence-electron chi connectivity index (χ1n) is 43.0. The molecule has 0 saturated carbocycles. The number of carbonyl (C=O) groups excluding carboxylic acids is 6. The molecule has 1 rings (SSSR count). The van der Waals surface area contributed by atoms with Gasteiger partial charge in [-0.3, -0.25) is 38.1 Å². The molecule has 0 unspecified atom stereocenters. The largest absolute Gasteiger partial charge is 0.481 e. The van der Waals surface area contributed by atoms with Gasteiger partial charge in [-0.25, -0.2) is 4.57 Å². The van der Waals surface area contributed by atoms with Crippen LogP contribution in [0.15, 0.2) is 0 Å². The molecule has 6 N–H and O–H groups in total. The summed E-state index contributed by atoms with van der Waals surface area (Å²) in [6.45, 7) is 11.5. The Balaban J connectivity index is 3.93. The monoisotopic (exact) mass is 1520 g/mol. The summed E-state index contributed by atoms with van der Waals surface area (Å²) in [5.41, 5.74) is 0. The molecule has 0 radical (unpaired) electrons. The van der Waals surface area contributed by atoms with Gasteiger partial charge in [0.05, 0.1) is 38.5 Å². The van der Waals surface area contributed by atoms with Gasteiger partial charge in [0, 0.05) is 25.7 Å². The highest BCUT2D eigenvalue weighted by Crippen LogP contribution is 2.42. The SMILES string of the molecule is CCCCCCCCCCC[C@H](CC(=O)N[C@@H](CCC(=O)O)CO[C@H]1O[C@H](CO)[C@@H](OP(=O)(O)O)[C@H](OC(=O)C[C@@H](CCCCCCCCCCC)OC(=O)CCCCCCCCC)[C@H]1NC(=O)C[C@@H](CCCCCCCCCCC)OC(=O)CCCCCCCCC)OC(=O)CCCCCCCCC. The molecule has 0 aromatic heterocycles. The van der Waals surface area contributed by atoms with Crippen LogP contribution in [0.3, 0.4) is 0 Å². The minimum Gasteiger partial charge on any atom is -0.481 e. The second kappa shape index (κ2) is 68.3. The summed E-state index contributed by atoms with van der Waals surface area (Å²) in [5, 5.41) is 26.8. The Labute approximate surface area is 636 Å². The van der Waals surface area contributed by atoms with Crippen molar-refractivity contribution in [2.24, 2.45) is 0 Å². The molecular weight excluding hydrogens is 1360 g/mol. The Morgan fingerprint density at radius 2 is 0.705 bits per heavy atom. The highest BCUT2D eigenvalue weighted by Gasteiger charge is 2.52. The number of hydrogen-bond acceptors (Lipinski definition) is 16. The number of aliphatic carboxylic acids is 1. The zero-order valence-corrected chi connectivity index (χ0v) is 68.1. The number of unbranched alkanes of at least 4 members (excludes halogenated alkanes) is 42. The van der Waals surface area contributed by atoms with Crippen molar-refractivity contribution in [3.05, 3.63) is 0 Å². The van der Waals surface area contributed by atoms with Crippen LogP contribution in [0.25, 0.3) is 0 Å². The smallest absolute Gasteiger partial charge is 0.470 e. The van der Waals surface area contributed by atoms with Crippen molar-refractivity contribution >= 4 is 49.5 Å². The van der Waals surface area contributed by atoms with Gasteiger partial charge in [-0.1, -0.05) is 311 Å². The number of ether oxygens (including phenoxy) is 6. The molecule has 105 heavy (non-hydrogen) atoms. The number of rotatable bonds is 75. The van der Waals surface area contributed by atoms with Crippen LogP contribution in [0.4, 0.5) is 0 Å². The molecule has 22 heteroatoms. The third-order valence-electron chi connectivity index (χ3n) is 20.2. The number of esters is 4. The summed E-state index contributed by atoms with van der Waals surface area (Å²) in [7, 11) is -5.55. The van der Waals surface area contributed by atoms with E-state index in [0.717, 1.165) is 212 Å². The molecule has 1 heterocycles. The predicted octanol–water partition coefficient (Wildman–Crippen LogP) is 20.0. The average Bonchev–Trinajstić information content (AvgIpc) is 0.780. The first-order valence-corrected chi connectivity index (χ1v) is 44.6. The molecule has 1 aliphatic rings. The van der Waals surface area contributed by atoms with Crippen LogP contribution in [-0.2, 0) is 71.1 Å². The van der Waals surface area contributed by atoms with Crippen LogP contribution in [0.5, 0.6) is 0 Å². The number of hydrogen-bond donors (Lipinski definition) is 6. The molecule has 1 fully saturated rings. The molecule has 0 spiro atoms. The van der Waals surface area contributed by atoms with Crippen LogP contribution in [0.2, 0.25) is 0 Å². The van der Waals surface area contributed by atoms with Gasteiger partial charge in [0.25, 0.3) is 0 Å². The van der Waals surface area contributed by atoms with E-state index in [2.05, 4.69) is 52.2 Å². The summed E-state index contributed by atoms with van der Waals surface area (Å²) in [6.07, 6.45) is 38.7. The van der Waals surface area contributed by atoms with Crippen LogP contribution < -0.4 is 10.6 Å². The lowest BCUT2D eigenvalue weighted by Gasteiger charge is -2.45. The number of nitrogens with one attached hydrogen (secondary N) is 2. The lowest BCUT2D eigenvalue weighted by atomic mass is 9.95. The number of phosphoric ester groups is 1. The Morgan fingerprint density at radius 3 is 1.03 bits per heavy atom. The first-order chi connectivity index (χ1) is 50.8. The van der Waals surface area contributed by atoms with Gasteiger partial charge >= 0.3 is 37.7 Å². The fourth-order valence-corrected chi connectivity index (χ4v) is 14.5. The van der Waals surface area contributed by atoms with Crippen molar-refractivity contribution in [1.29, 1.82) is 0 Å². The van der Waals surface area contributed by atoms with E-state index in [1.807, 2.05) is 0 Å². The predicted molar refractivity (Wildman–Crippen MR) is 416 cm³/mol. The molecule has 9 atom stereocenters. The van der Waals surface area contributed by atoms with E-state index in [0.29, 0.717) is 57.8 Å². The molecule has 1 aliphatic heterocycles. The van der Waals surface area contributed by atoms with Crippen molar-refractivity contribution in [2.75, 3.05) is 13.2 Å². The number of amides is 2. The number of carboxylic acids is 1. The van der Waals surface area contributed by atoms with Gasteiger partial charge in [-0.05, 0) is 64.2 Å². The van der Waals surface area contributed by atoms with Crippen molar-refractivity contribution in [3.63, 3.8) is 0 Å². The van der Waals surface area contributed by atoms with E-state index in [1.165, 1.54) is 57.8 Å². The summed E-state index contributed by atoms with van der Waals surface area (Å²) in [6, 6.07) is -2.78. The van der Waals surface area contributed by atoms with E-state index in [4.69, 9.17) is 32.9 Å². The van der Waals surface area contributed by atoms with Crippen molar-refractivity contribution < 1.29 is 91.1 Å². The number of phosphoric acid groups is 1. The van der Waals surface area contributed by atoms with Crippen molar-refractivity contribution in [2.45, 2.75) is 475 Å². The van der Waals surface area contributed by atoms with E-state index in [9.17, 15) is 58.1 Å². The highest BCUT2D eigenvalue weighted by molar-refractivity contribution is 7.46. The number of carboxylic acid groups (broad SMARTS) is 1. The van der Waals surface area contributed by atoms with Gasteiger partial charge in [0.1, 0.15) is 36.6 Å². The molecule has 0 bridgehead atoms. The van der Waals surface area contributed by atoms with E-state index in [-0.39, 0.29) is 32.1 Å². The van der Waals surface area contributed by atoms with Crippen LogP contribution in [-0.4, -0.2) is 130 Å². The highest BCUT2D eigenvalue weighted by atomic mass is 31.2. The minimum absolute atomic E-state index is 0.135. The zero-order valence-electron chi connectivity index (χ0n) is 67.2. The number of carbonyl (C=O) groups is 7. The number of aliphatic hydroxyl groups is 1. The van der Waals surface area contributed by atoms with Gasteiger partial charge in [-0.15, -0.1) is 0 Å². The maximum Gasteiger partial charge on any atom is 0.470 e. The standard InChI is InChI=1S/C83H155N2O19P/c1-7-13-19-25-31-34-40-43-49-55-69(99-76(91)58-52-46-37-28-22-16-10-4)63-73(87)84-68(61-62-75(89)90)67-98-83-80(85-74(88)64-70(56-50-44-41-35-32-26-20-14-8-2)100-77(92)59-53-47-38-29-23-17-11-5)82(81(72(66-86)102-83)104-105(95,96)97)103-79(94)65-71(57-51-45-42-36-33-27-21-15-9-3)101-78(93)60-54-48-39-30-24-18-12-6/h68-72,80-83,86H,7-67H2,1-6H3,(H,84,87)(H,85,88)(H,89,90)(H2,95,96,97)/t68-,69+,70+,71+,72+,80+,81+,82+,83-/m0/s1. The topological polar surface area (TPSA) is 306 Å². The maximum atomic E-state index is 14.9. The van der Waals surface area contributed by atoms with Crippen LogP contribution in [0, 0.1) is 0 Å². The van der Waals surface area contributed by atoms with E-state index >= 15 is 0 Å². The quantitative estimate of drug-likeness (QED) is 0.0143. The van der Waals surface area contributed by atoms with E-state index in [1.54, 1.807) is 0 Å².